The molecule has 11 heteroatoms. The minimum Gasteiger partial charge on any atom is -0.380 e. The number of amides is 1. The molecule has 0 saturated carbocycles. The average Bonchev–Trinajstić information content (AvgIpc) is 2.73. The van der Waals surface area contributed by atoms with Crippen LogP contribution in [-0.4, -0.2) is 37.9 Å². The maximum absolute atomic E-state index is 13.1. The van der Waals surface area contributed by atoms with Crippen LogP contribution in [0.3, 0.4) is 0 Å². The zero-order chi connectivity index (χ0) is 25.8. The van der Waals surface area contributed by atoms with Crippen LogP contribution in [0.25, 0.3) is 0 Å². The van der Waals surface area contributed by atoms with E-state index >= 15 is 0 Å². The number of anilines is 1. The van der Waals surface area contributed by atoms with Crippen molar-refractivity contribution >= 4 is 21.7 Å². The number of hydrogen-bond donors (Lipinski definition) is 2. The van der Waals surface area contributed by atoms with E-state index in [1.54, 1.807) is 0 Å². The summed E-state index contributed by atoms with van der Waals surface area (Å²) in [6.45, 7) is 1.53. The van der Waals surface area contributed by atoms with Gasteiger partial charge in [-0.25, -0.2) is 0 Å². The smallest absolute Gasteiger partial charge is 0.380 e. The van der Waals surface area contributed by atoms with Gasteiger partial charge >= 0.3 is 6.18 Å². The van der Waals surface area contributed by atoms with Crippen molar-refractivity contribution in [3.8, 4) is 6.07 Å². The van der Waals surface area contributed by atoms with Gasteiger partial charge in [-0.2, -0.15) is 26.9 Å². The summed E-state index contributed by atoms with van der Waals surface area (Å²) in [5.41, 5.74) is -3.56. The van der Waals surface area contributed by atoms with Gasteiger partial charge in [0.25, 0.3) is 16.0 Å². The molecule has 0 aromatic heterocycles. The Bertz CT molecular complexity index is 941. The highest BCUT2D eigenvalue weighted by atomic mass is 32.2. The van der Waals surface area contributed by atoms with Gasteiger partial charge in [0.05, 0.1) is 30.1 Å². The zero-order valence-electron chi connectivity index (χ0n) is 19.6. The first-order valence-corrected chi connectivity index (χ1v) is 13.1. The molecule has 192 valence electrons. The van der Waals surface area contributed by atoms with Crippen LogP contribution in [0.4, 0.5) is 18.9 Å². The minimum atomic E-state index is -4.74. The SMILES string of the molecule is C[C@](O)(CCCCCCCCCCCOS(C)(=O)=O)C(=O)Nc1ccc(C#N)c(C(F)(F)F)c1. The number of halogens is 3. The molecule has 0 unspecified atom stereocenters. The van der Waals surface area contributed by atoms with Gasteiger partial charge in [-0.05, 0) is 38.0 Å². The van der Waals surface area contributed by atoms with Crippen molar-refractivity contribution in [2.75, 3.05) is 18.2 Å². The highest BCUT2D eigenvalue weighted by Crippen LogP contribution is 2.33. The molecular formula is C23H33F3N2O5S. The predicted molar refractivity (Wildman–Crippen MR) is 122 cm³/mol. The number of hydrogen-bond acceptors (Lipinski definition) is 6. The first kappa shape index (κ1) is 29.9. The summed E-state index contributed by atoms with van der Waals surface area (Å²) in [5, 5.41) is 21.6. The van der Waals surface area contributed by atoms with E-state index in [-0.39, 0.29) is 18.7 Å². The average molecular weight is 507 g/mol. The Morgan fingerprint density at radius 2 is 1.59 bits per heavy atom. The molecule has 1 aromatic carbocycles. The normalized spacial score (nSPS) is 13.8. The molecule has 0 heterocycles. The number of alkyl halides is 3. The lowest BCUT2D eigenvalue weighted by atomic mass is 9.96. The summed E-state index contributed by atoms with van der Waals surface area (Å²) in [6, 6.07) is 4.34. The summed E-state index contributed by atoms with van der Waals surface area (Å²) >= 11 is 0. The molecular weight excluding hydrogens is 473 g/mol. The van der Waals surface area contributed by atoms with E-state index in [2.05, 4.69) is 9.50 Å². The summed E-state index contributed by atoms with van der Waals surface area (Å²) in [4.78, 5) is 12.4. The topological polar surface area (TPSA) is 116 Å². The van der Waals surface area contributed by atoms with Crippen LogP contribution in [0.2, 0.25) is 0 Å². The summed E-state index contributed by atoms with van der Waals surface area (Å²) in [7, 11) is -3.37. The van der Waals surface area contributed by atoms with Gasteiger partial charge in [0.1, 0.15) is 5.60 Å². The third-order valence-electron chi connectivity index (χ3n) is 5.30. The van der Waals surface area contributed by atoms with Gasteiger partial charge in [-0.1, -0.05) is 51.4 Å². The van der Waals surface area contributed by atoms with Crippen LogP contribution < -0.4 is 5.32 Å². The van der Waals surface area contributed by atoms with Crippen molar-refractivity contribution in [3.05, 3.63) is 29.3 Å². The minimum absolute atomic E-state index is 0.139. The van der Waals surface area contributed by atoms with Gasteiger partial charge < -0.3 is 10.4 Å². The quantitative estimate of drug-likeness (QED) is 0.251. The number of nitrogens with one attached hydrogen (secondary N) is 1. The summed E-state index contributed by atoms with van der Waals surface area (Å²) in [6.07, 6.45) is 4.44. The maximum Gasteiger partial charge on any atom is 0.417 e. The third kappa shape index (κ3) is 11.8. The Labute approximate surface area is 199 Å². The Morgan fingerprint density at radius 3 is 2.09 bits per heavy atom. The number of nitriles is 1. The molecule has 0 aliphatic heterocycles. The Hall–Kier alpha value is -2.16. The van der Waals surface area contributed by atoms with E-state index in [0.29, 0.717) is 18.9 Å². The van der Waals surface area contributed by atoms with Crippen molar-refractivity contribution in [1.82, 2.24) is 0 Å². The third-order valence-corrected chi connectivity index (χ3v) is 5.89. The van der Waals surface area contributed by atoms with Gasteiger partial charge in [0.15, 0.2) is 0 Å². The lowest BCUT2D eigenvalue weighted by molar-refractivity contribution is -0.138. The van der Waals surface area contributed by atoms with Crippen LogP contribution in [0, 0.1) is 11.3 Å². The molecule has 0 saturated heterocycles. The molecule has 0 radical (unpaired) electrons. The standard InChI is InChI=1S/C23H33F3N2O5S/c1-22(30,14-10-8-6-4-3-5-7-9-11-15-33-34(2,31)32)21(29)28-19-13-12-18(17-27)20(16-19)23(24,25)26/h12-13,16,30H,3-11,14-15H2,1-2H3,(H,28,29)/t22-/m0/s1. The first-order valence-electron chi connectivity index (χ1n) is 11.3. The predicted octanol–water partition coefficient (Wildman–Crippen LogP) is 5.14. The molecule has 0 fully saturated rings. The van der Waals surface area contributed by atoms with E-state index in [4.69, 9.17) is 5.26 Å². The van der Waals surface area contributed by atoms with Crippen LogP contribution in [-0.2, 0) is 25.3 Å². The van der Waals surface area contributed by atoms with E-state index in [1.807, 2.05) is 0 Å². The van der Waals surface area contributed by atoms with Crippen LogP contribution in [0.15, 0.2) is 18.2 Å². The molecule has 2 N–H and O–H groups in total. The molecule has 0 aliphatic rings. The Balaban J connectivity index is 2.28. The highest BCUT2D eigenvalue weighted by molar-refractivity contribution is 7.85. The maximum atomic E-state index is 13.1. The monoisotopic (exact) mass is 506 g/mol. The molecule has 7 nitrogen and oxygen atoms in total. The fraction of sp³-hybridized carbons (Fsp3) is 0.652. The molecule has 1 aromatic rings. The Kier molecular flexibility index (Phi) is 12.0. The number of carbonyl (C=O) groups excluding carboxylic acids is 1. The largest absolute Gasteiger partial charge is 0.417 e. The zero-order valence-corrected chi connectivity index (χ0v) is 20.4. The van der Waals surface area contributed by atoms with Crippen LogP contribution in [0.1, 0.15) is 82.3 Å². The van der Waals surface area contributed by atoms with Gasteiger partial charge in [0, 0.05) is 5.69 Å². The van der Waals surface area contributed by atoms with E-state index in [9.17, 15) is 31.5 Å². The molecule has 0 bridgehead atoms. The second-order valence-corrected chi connectivity index (χ2v) is 10.2. The summed E-state index contributed by atoms with van der Waals surface area (Å²) in [5.74, 6) is -0.801. The van der Waals surface area contributed by atoms with Crippen LogP contribution in [0.5, 0.6) is 0 Å². The van der Waals surface area contributed by atoms with Crippen molar-refractivity contribution in [1.29, 1.82) is 5.26 Å². The number of aliphatic hydroxyl groups is 1. The number of unbranched alkanes of at least 4 members (excludes halogenated alkanes) is 8. The molecule has 1 atom stereocenters. The number of rotatable bonds is 15. The highest BCUT2D eigenvalue weighted by Gasteiger charge is 2.35. The van der Waals surface area contributed by atoms with Crippen molar-refractivity contribution in [2.45, 2.75) is 82.9 Å². The molecule has 0 aliphatic carbocycles. The molecule has 1 amide bonds. The van der Waals surface area contributed by atoms with Crippen molar-refractivity contribution in [2.24, 2.45) is 0 Å². The second kappa shape index (κ2) is 13.7. The fourth-order valence-electron chi connectivity index (χ4n) is 3.35. The summed E-state index contributed by atoms with van der Waals surface area (Å²) < 4.78 is 65.6. The fourth-order valence-corrected chi connectivity index (χ4v) is 3.77. The Morgan fingerprint density at radius 1 is 1.06 bits per heavy atom. The molecule has 0 spiro atoms. The van der Waals surface area contributed by atoms with E-state index in [0.717, 1.165) is 57.3 Å². The number of benzene rings is 1. The van der Waals surface area contributed by atoms with E-state index in [1.165, 1.54) is 19.1 Å². The van der Waals surface area contributed by atoms with Crippen LogP contribution >= 0.6 is 0 Å². The van der Waals surface area contributed by atoms with Crippen molar-refractivity contribution < 1.29 is 35.7 Å². The molecule has 34 heavy (non-hydrogen) atoms. The van der Waals surface area contributed by atoms with Gasteiger partial charge in [-0.3, -0.25) is 8.98 Å². The number of nitrogens with zero attached hydrogens (tertiary/aromatic N) is 1. The molecule has 1 rings (SSSR count). The second-order valence-electron chi connectivity index (χ2n) is 8.56. The van der Waals surface area contributed by atoms with E-state index < -0.39 is 38.9 Å². The van der Waals surface area contributed by atoms with Gasteiger partial charge in [-0.15, -0.1) is 0 Å². The van der Waals surface area contributed by atoms with Crippen molar-refractivity contribution in [3.63, 3.8) is 0 Å². The number of carbonyl (C=O) groups is 1. The lowest BCUT2D eigenvalue weighted by Crippen LogP contribution is -2.40. The first-order chi connectivity index (χ1) is 15.8. The lowest BCUT2D eigenvalue weighted by Gasteiger charge is -2.22. The van der Waals surface area contributed by atoms with Gasteiger partial charge in [0.2, 0.25) is 0 Å².